The summed E-state index contributed by atoms with van der Waals surface area (Å²) in [7, 11) is 0. The molecule has 3 heterocycles. The molecule has 27 heavy (non-hydrogen) atoms. The van der Waals surface area contributed by atoms with Gasteiger partial charge >= 0.3 is 0 Å². The van der Waals surface area contributed by atoms with Gasteiger partial charge in [-0.05, 0) is 18.9 Å². The molecule has 4 rings (SSSR count). The number of nitrogens with one attached hydrogen (secondary N) is 2. The number of H-pyrrole nitrogens is 1. The van der Waals surface area contributed by atoms with Gasteiger partial charge in [0.05, 0.1) is 17.7 Å². The van der Waals surface area contributed by atoms with Crippen LogP contribution in [0.5, 0.6) is 11.5 Å². The van der Waals surface area contributed by atoms with Crippen molar-refractivity contribution in [2.24, 2.45) is 0 Å². The molecule has 1 aliphatic heterocycles. The molecule has 1 saturated heterocycles. The maximum absolute atomic E-state index is 10.0. The molecule has 0 spiro atoms. The third-order valence-electron chi connectivity index (χ3n) is 4.65. The van der Waals surface area contributed by atoms with E-state index in [2.05, 4.69) is 30.7 Å². The lowest BCUT2D eigenvalue weighted by Crippen LogP contribution is -2.33. The third kappa shape index (κ3) is 3.17. The number of phenols is 2. The minimum atomic E-state index is -0.367. The lowest BCUT2D eigenvalue weighted by atomic mass is 10.2. The van der Waals surface area contributed by atoms with Crippen molar-refractivity contribution in [3.8, 4) is 11.5 Å². The van der Waals surface area contributed by atoms with Crippen LogP contribution in [0.3, 0.4) is 0 Å². The van der Waals surface area contributed by atoms with E-state index in [4.69, 9.17) is 11.6 Å². The molecule has 5 N–H and O–H groups in total. The number of phenolic OH excluding ortho intramolecular Hbond substituents is 2. The van der Waals surface area contributed by atoms with Crippen molar-refractivity contribution in [2.75, 3.05) is 23.4 Å². The summed E-state index contributed by atoms with van der Waals surface area (Å²) in [4.78, 5) is 10.9. The molecule has 1 aromatic carbocycles. The SMILES string of the molecule is OCC1CCCN1c1nc(NCc2ccc(Cl)c(O)c2O)c2n[nH]nc2n1. The highest BCUT2D eigenvalue weighted by molar-refractivity contribution is 6.32. The van der Waals surface area contributed by atoms with E-state index in [1.54, 1.807) is 6.07 Å². The van der Waals surface area contributed by atoms with Crippen molar-refractivity contribution in [3.63, 3.8) is 0 Å². The number of fused-ring (bicyclic) bond motifs is 1. The molecule has 10 nitrogen and oxygen atoms in total. The van der Waals surface area contributed by atoms with Crippen LogP contribution in [0, 0.1) is 0 Å². The number of rotatable bonds is 5. The zero-order chi connectivity index (χ0) is 19.0. The number of aliphatic hydroxyl groups is 1. The van der Waals surface area contributed by atoms with Gasteiger partial charge in [0.15, 0.2) is 22.8 Å². The molecule has 1 fully saturated rings. The Morgan fingerprint density at radius 1 is 1.22 bits per heavy atom. The highest BCUT2D eigenvalue weighted by Crippen LogP contribution is 2.36. The number of aromatic hydroxyl groups is 2. The van der Waals surface area contributed by atoms with Crippen LogP contribution in [-0.2, 0) is 6.54 Å². The highest BCUT2D eigenvalue weighted by atomic mass is 35.5. The largest absolute Gasteiger partial charge is 0.504 e. The standard InChI is InChI=1S/C16H18ClN7O3/c17-10-4-3-8(12(26)13(10)27)6-18-14-11-15(22-23-21-11)20-16(19-14)24-5-1-2-9(24)7-25/h3-4,9,25-27H,1-2,5-7H2,(H2,18,19,20,21,22,23). The number of aromatic amines is 1. The average molecular weight is 392 g/mol. The Morgan fingerprint density at radius 2 is 2.07 bits per heavy atom. The van der Waals surface area contributed by atoms with E-state index in [0.717, 1.165) is 19.4 Å². The van der Waals surface area contributed by atoms with Gasteiger partial charge in [-0.3, -0.25) is 0 Å². The van der Waals surface area contributed by atoms with Crippen LogP contribution in [0.4, 0.5) is 11.8 Å². The van der Waals surface area contributed by atoms with Crippen molar-refractivity contribution in [2.45, 2.75) is 25.4 Å². The van der Waals surface area contributed by atoms with Crippen LogP contribution < -0.4 is 10.2 Å². The van der Waals surface area contributed by atoms with Gasteiger partial charge in [0.25, 0.3) is 0 Å². The van der Waals surface area contributed by atoms with E-state index in [1.807, 2.05) is 4.90 Å². The molecule has 142 valence electrons. The summed E-state index contributed by atoms with van der Waals surface area (Å²) < 4.78 is 0. The molecule has 0 radical (unpaired) electrons. The Hall–Kier alpha value is -2.85. The number of nitrogens with zero attached hydrogens (tertiary/aromatic N) is 5. The molecule has 1 unspecified atom stereocenters. The number of anilines is 2. The van der Waals surface area contributed by atoms with Gasteiger partial charge in [0, 0.05) is 18.7 Å². The summed E-state index contributed by atoms with van der Waals surface area (Å²) >= 11 is 5.79. The molecule has 2 aromatic heterocycles. The minimum Gasteiger partial charge on any atom is -0.504 e. The van der Waals surface area contributed by atoms with Crippen molar-refractivity contribution in [3.05, 3.63) is 22.7 Å². The molecule has 1 aliphatic rings. The molecular weight excluding hydrogens is 374 g/mol. The first kappa shape index (κ1) is 17.6. The van der Waals surface area contributed by atoms with Crippen molar-refractivity contribution < 1.29 is 15.3 Å². The van der Waals surface area contributed by atoms with E-state index in [0.29, 0.717) is 28.5 Å². The van der Waals surface area contributed by atoms with E-state index < -0.39 is 0 Å². The Morgan fingerprint density at radius 3 is 2.89 bits per heavy atom. The fourth-order valence-corrected chi connectivity index (χ4v) is 3.35. The Kier molecular flexibility index (Phi) is 4.58. The van der Waals surface area contributed by atoms with Gasteiger partial charge in [-0.15, -0.1) is 5.10 Å². The normalized spacial score (nSPS) is 17.0. The van der Waals surface area contributed by atoms with Crippen molar-refractivity contribution in [1.82, 2.24) is 25.4 Å². The second-order valence-electron chi connectivity index (χ2n) is 6.30. The Balaban J connectivity index is 1.65. The summed E-state index contributed by atoms with van der Waals surface area (Å²) in [6.45, 7) is 0.958. The first-order valence-corrected chi connectivity index (χ1v) is 8.85. The zero-order valence-corrected chi connectivity index (χ0v) is 15.0. The molecule has 3 aromatic rings. The number of halogens is 1. The maximum Gasteiger partial charge on any atom is 0.229 e. The van der Waals surface area contributed by atoms with Crippen LogP contribution in [-0.4, -0.2) is 59.9 Å². The minimum absolute atomic E-state index is 0.0283. The maximum atomic E-state index is 10.0. The monoisotopic (exact) mass is 391 g/mol. The van der Waals surface area contributed by atoms with E-state index >= 15 is 0 Å². The summed E-state index contributed by atoms with van der Waals surface area (Å²) in [5.41, 5.74) is 1.30. The van der Waals surface area contributed by atoms with E-state index in [1.165, 1.54) is 6.07 Å². The van der Waals surface area contributed by atoms with E-state index in [9.17, 15) is 15.3 Å². The van der Waals surface area contributed by atoms with Gasteiger partial charge in [0.2, 0.25) is 11.6 Å². The van der Waals surface area contributed by atoms with Gasteiger partial charge in [0.1, 0.15) is 0 Å². The van der Waals surface area contributed by atoms with Gasteiger partial charge in [-0.25, -0.2) is 0 Å². The van der Waals surface area contributed by atoms with Crippen LogP contribution in [0.25, 0.3) is 11.2 Å². The fraction of sp³-hybridized carbons (Fsp3) is 0.375. The zero-order valence-electron chi connectivity index (χ0n) is 14.2. The van der Waals surface area contributed by atoms with Gasteiger partial charge in [-0.2, -0.15) is 20.3 Å². The molecule has 11 heteroatoms. The molecule has 0 amide bonds. The number of aromatic nitrogens is 5. The van der Waals surface area contributed by atoms with Gasteiger partial charge < -0.3 is 25.5 Å². The highest BCUT2D eigenvalue weighted by Gasteiger charge is 2.27. The number of benzene rings is 1. The number of aliphatic hydroxyl groups excluding tert-OH is 1. The molecule has 0 saturated carbocycles. The van der Waals surface area contributed by atoms with Crippen LogP contribution in [0.1, 0.15) is 18.4 Å². The van der Waals surface area contributed by atoms with Crippen LogP contribution in [0.2, 0.25) is 5.02 Å². The lowest BCUT2D eigenvalue weighted by molar-refractivity contribution is 0.265. The smallest absolute Gasteiger partial charge is 0.229 e. The summed E-state index contributed by atoms with van der Waals surface area (Å²) in [6, 6.07) is 3.08. The summed E-state index contributed by atoms with van der Waals surface area (Å²) in [6.07, 6.45) is 1.82. The van der Waals surface area contributed by atoms with Crippen molar-refractivity contribution >= 4 is 34.5 Å². The quantitative estimate of drug-likeness (QED) is 0.407. The Labute approximate surface area is 158 Å². The first-order chi connectivity index (χ1) is 13.1. The second-order valence-corrected chi connectivity index (χ2v) is 6.70. The Bertz CT molecular complexity index is 980. The average Bonchev–Trinajstić information content (AvgIpc) is 3.34. The molecule has 0 bridgehead atoms. The lowest BCUT2D eigenvalue weighted by Gasteiger charge is -2.23. The summed E-state index contributed by atoms with van der Waals surface area (Å²) in [5, 5.41) is 43.2. The van der Waals surface area contributed by atoms with Gasteiger partial charge in [-0.1, -0.05) is 17.7 Å². The first-order valence-electron chi connectivity index (χ1n) is 8.47. The van der Waals surface area contributed by atoms with Crippen molar-refractivity contribution in [1.29, 1.82) is 0 Å². The predicted molar refractivity (Wildman–Crippen MR) is 99.0 cm³/mol. The predicted octanol–water partition coefficient (Wildman–Crippen LogP) is 1.39. The number of hydrogen-bond acceptors (Lipinski definition) is 9. The van der Waals surface area contributed by atoms with Crippen LogP contribution in [0.15, 0.2) is 12.1 Å². The third-order valence-corrected chi connectivity index (χ3v) is 4.95. The summed E-state index contributed by atoms with van der Waals surface area (Å²) in [5.74, 6) is 0.231. The fourth-order valence-electron chi connectivity index (χ4n) is 3.19. The number of hydrogen-bond donors (Lipinski definition) is 5. The molecule has 1 atom stereocenters. The van der Waals surface area contributed by atoms with Crippen LogP contribution >= 0.6 is 11.6 Å². The molecule has 0 aliphatic carbocycles. The topological polar surface area (TPSA) is 143 Å². The molecular formula is C16H18ClN7O3. The van der Waals surface area contributed by atoms with E-state index in [-0.39, 0.29) is 35.7 Å². The second kappa shape index (κ2) is 7.05.